The zero-order valence-electron chi connectivity index (χ0n) is 14.6. The highest BCUT2D eigenvalue weighted by Gasteiger charge is 2.50. The third kappa shape index (κ3) is 3.97. The Morgan fingerprint density at radius 3 is 2.54 bits per heavy atom. The SMILES string of the molecule is CC(C)CNC(=O)CN1C(=O)NC(C)(c2cccc(C(F)(F)F)c2)C1=O. The Hall–Kier alpha value is -2.58. The molecule has 0 radical (unpaired) electrons. The van der Waals surface area contributed by atoms with E-state index in [0.717, 1.165) is 12.1 Å². The molecule has 4 amide bonds. The summed E-state index contributed by atoms with van der Waals surface area (Å²) < 4.78 is 38.7. The molecule has 9 heteroatoms. The predicted molar refractivity (Wildman–Crippen MR) is 86.9 cm³/mol. The fraction of sp³-hybridized carbons (Fsp3) is 0.471. The molecule has 1 aliphatic rings. The maximum atomic E-state index is 12.9. The number of nitrogens with one attached hydrogen (secondary N) is 2. The summed E-state index contributed by atoms with van der Waals surface area (Å²) in [6.45, 7) is 4.98. The van der Waals surface area contributed by atoms with E-state index in [2.05, 4.69) is 10.6 Å². The normalized spacial score (nSPS) is 20.5. The minimum Gasteiger partial charge on any atom is -0.354 e. The number of rotatable bonds is 5. The first kappa shape index (κ1) is 19.7. The smallest absolute Gasteiger partial charge is 0.354 e. The molecule has 2 rings (SSSR count). The Morgan fingerprint density at radius 2 is 1.96 bits per heavy atom. The van der Waals surface area contributed by atoms with E-state index in [1.54, 1.807) is 0 Å². The Balaban J connectivity index is 2.22. The van der Waals surface area contributed by atoms with Crippen LogP contribution in [0, 0.1) is 5.92 Å². The van der Waals surface area contributed by atoms with Crippen molar-refractivity contribution in [1.82, 2.24) is 15.5 Å². The lowest BCUT2D eigenvalue weighted by Gasteiger charge is -2.23. The minimum absolute atomic E-state index is 0.00392. The number of imide groups is 1. The van der Waals surface area contributed by atoms with Gasteiger partial charge in [0.15, 0.2) is 0 Å². The van der Waals surface area contributed by atoms with Crippen LogP contribution < -0.4 is 10.6 Å². The topological polar surface area (TPSA) is 78.5 Å². The molecular weight excluding hydrogens is 351 g/mol. The minimum atomic E-state index is -4.57. The molecule has 1 aliphatic heterocycles. The van der Waals surface area contributed by atoms with Gasteiger partial charge in [0.2, 0.25) is 5.91 Å². The largest absolute Gasteiger partial charge is 0.416 e. The quantitative estimate of drug-likeness (QED) is 0.780. The van der Waals surface area contributed by atoms with Crippen molar-refractivity contribution in [3.8, 4) is 0 Å². The van der Waals surface area contributed by atoms with Gasteiger partial charge in [0.1, 0.15) is 12.1 Å². The number of alkyl halides is 3. The van der Waals surface area contributed by atoms with Crippen molar-refractivity contribution in [2.45, 2.75) is 32.5 Å². The van der Waals surface area contributed by atoms with Crippen LogP contribution in [0.25, 0.3) is 0 Å². The lowest BCUT2D eigenvalue weighted by molar-refractivity contribution is -0.138. The number of urea groups is 1. The highest BCUT2D eigenvalue weighted by molar-refractivity contribution is 6.09. The molecule has 1 fully saturated rings. The molecule has 1 heterocycles. The Morgan fingerprint density at radius 1 is 1.31 bits per heavy atom. The first-order valence-electron chi connectivity index (χ1n) is 8.03. The van der Waals surface area contributed by atoms with E-state index in [0.29, 0.717) is 11.4 Å². The van der Waals surface area contributed by atoms with Gasteiger partial charge in [-0.15, -0.1) is 0 Å². The lowest BCUT2D eigenvalue weighted by atomic mass is 9.90. The number of halogens is 3. The number of carbonyl (C=O) groups is 3. The molecule has 1 unspecified atom stereocenters. The Kier molecular flexibility index (Phi) is 5.29. The summed E-state index contributed by atoms with van der Waals surface area (Å²) in [6, 6.07) is 3.37. The molecule has 2 N–H and O–H groups in total. The van der Waals surface area contributed by atoms with Gasteiger partial charge in [0.05, 0.1) is 5.56 Å². The van der Waals surface area contributed by atoms with E-state index >= 15 is 0 Å². The van der Waals surface area contributed by atoms with E-state index in [1.807, 2.05) is 13.8 Å². The van der Waals surface area contributed by atoms with Crippen molar-refractivity contribution in [2.75, 3.05) is 13.1 Å². The molecule has 0 bridgehead atoms. The van der Waals surface area contributed by atoms with E-state index in [4.69, 9.17) is 0 Å². The molecule has 0 aliphatic carbocycles. The van der Waals surface area contributed by atoms with Crippen LogP contribution in [0.2, 0.25) is 0 Å². The van der Waals surface area contributed by atoms with Gasteiger partial charge in [0, 0.05) is 6.54 Å². The zero-order valence-corrected chi connectivity index (χ0v) is 14.6. The van der Waals surface area contributed by atoms with Crippen LogP contribution in [-0.2, 0) is 21.3 Å². The maximum absolute atomic E-state index is 12.9. The highest BCUT2D eigenvalue weighted by Crippen LogP contribution is 2.34. The number of benzene rings is 1. The molecule has 0 spiro atoms. The Bertz CT molecular complexity index is 733. The van der Waals surface area contributed by atoms with Gasteiger partial charge in [-0.3, -0.25) is 14.5 Å². The van der Waals surface area contributed by atoms with Gasteiger partial charge in [-0.2, -0.15) is 13.2 Å². The van der Waals surface area contributed by atoms with Crippen molar-refractivity contribution >= 4 is 17.8 Å². The predicted octanol–water partition coefficient (Wildman–Crippen LogP) is 2.24. The summed E-state index contributed by atoms with van der Waals surface area (Å²) >= 11 is 0. The molecule has 1 aromatic carbocycles. The monoisotopic (exact) mass is 371 g/mol. The van der Waals surface area contributed by atoms with Gasteiger partial charge in [-0.1, -0.05) is 26.0 Å². The van der Waals surface area contributed by atoms with E-state index in [-0.39, 0.29) is 11.5 Å². The molecular formula is C17H20F3N3O3. The molecule has 6 nitrogen and oxygen atoms in total. The number of hydrogen-bond acceptors (Lipinski definition) is 3. The number of nitrogens with zero attached hydrogens (tertiary/aromatic N) is 1. The molecule has 142 valence electrons. The van der Waals surface area contributed by atoms with E-state index in [1.165, 1.54) is 19.1 Å². The lowest BCUT2D eigenvalue weighted by Crippen LogP contribution is -2.43. The van der Waals surface area contributed by atoms with Crippen molar-refractivity contribution in [1.29, 1.82) is 0 Å². The summed E-state index contributed by atoms with van der Waals surface area (Å²) in [7, 11) is 0. The number of carbonyl (C=O) groups excluding carboxylic acids is 3. The molecule has 0 saturated carbocycles. The second-order valence-electron chi connectivity index (χ2n) is 6.72. The average Bonchev–Trinajstić information content (AvgIpc) is 2.76. The Labute approximate surface area is 148 Å². The van der Waals surface area contributed by atoms with Crippen LogP contribution in [0.3, 0.4) is 0 Å². The maximum Gasteiger partial charge on any atom is 0.416 e. The van der Waals surface area contributed by atoms with Crippen LogP contribution in [0.15, 0.2) is 24.3 Å². The molecule has 1 aromatic rings. The van der Waals surface area contributed by atoms with Gasteiger partial charge >= 0.3 is 12.2 Å². The zero-order chi connectivity index (χ0) is 19.7. The summed E-state index contributed by atoms with van der Waals surface area (Å²) in [6.07, 6.45) is -4.57. The second kappa shape index (κ2) is 6.97. The summed E-state index contributed by atoms with van der Waals surface area (Å²) in [5.74, 6) is -1.10. The third-order valence-corrected chi connectivity index (χ3v) is 4.05. The molecule has 0 aromatic heterocycles. The van der Waals surface area contributed by atoms with E-state index < -0.39 is 41.7 Å². The van der Waals surface area contributed by atoms with Crippen LogP contribution in [0.4, 0.5) is 18.0 Å². The van der Waals surface area contributed by atoms with Gasteiger partial charge in [-0.05, 0) is 30.5 Å². The van der Waals surface area contributed by atoms with Crippen molar-refractivity contribution in [3.05, 3.63) is 35.4 Å². The van der Waals surface area contributed by atoms with Crippen LogP contribution in [-0.4, -0.2) is 35.8 Å². The van der Waals surface area contributed by atoms with Gasteiger partial charge in [-0.25, -0.2) is 4.79 Å². The van der Waals surface area contributed by atoms with Crippen molar-refractivity contribution in [3.63, 3.8) is 0 Å². The van der Waals surface area contributed by atoms with Gasteiger partial charge < -0.3 is 10.6 Å². The van der Waals surface area contributed by atoms with Crippen LogP contribution in [0.5, 0.6) is 0 Å². The van der Waals surface area contributed by atoms with Crippen LogP contribution >= 0.6 is 0 Å². The summed E-state index contributed by atoms with van der Waals surface area (Å²) in [5, 5.41) is 4.97. The molecule has 1 atom stereocenters. The standard InChI is InChI=1S/C17H20F3N3O3/c1-10(2)8-21-13(24)9-23-14(25)16(3,22-15(23)26)11-5-4-6-12(7-11)17(18,19)20/h4-7,10H,8-9H2,1-3H3,(H,21,24)(H,22,26). The van der Waals surface area contributed by atoms with Gasteiger partial charge in [0.25, 0.3) is 5.91 Å². The summed E-state index contributed by atoms with van der Waals surface area (Å²) in [5.41, 5.74) is -2.60. The highest BCUT2D eigenvalue weighted by atomic mass is 19.4. The fourth-order valence-corrected chi connectivity index (χ4v) is 2.56. The molecule has 26 heavy (non-hydrogen) atoms. The number of hydrogen-bond donors (Lipinski definition) is 2. The number of amides is 4. The summed E-state index contributed by atoms with van der Waals surface area (Å²) in [4.78, 5) is 37.4. The average molecular weight is 371 g/mol. The first-order chi connectivity index (χ1) is 11.9. The third-order valence-electron chi connectivity index (χ3n) is 4.05. The molecule has 1 saturated heterocycles. The second-order valence-corrected chi connectivity index (χ2v) is 6.72. The van der Waals surface area contributed by atoms with Crippen molar-refractivity contribution in [2.24, 2.45) is 5.92 Å². The van der Waals surface area contributed by atoms with Crippen LogP contribution in [0.1, 0.15) is 31.9 Å². The fourth-order valence-electron chi connectivity index (χ4n) is 2.56. The van der Waals surface area contributed by atoms with E-state index in [9.17, 15) is 27.6 Å². The first-order valence-corrected chi connectivity index (χ1v) is 8.03. The van der Waals surface area contributed by atoms with Crippen molar-refractivity contribution < 1.29 is 27.6 Å².